The van der Waals surface area contributed by atoms with Gasteiger partial charge in [-0.05, 0) is 15.9 Å². The topological polar surface area (TPSA) is 88.8 Å². The van der Waals surface area contributed by atoms with E-state index in [-0.39, 0.29) is 5.03 Å². The summed E-state index contributed by atoms with van der Waals surface area (Å²) in [5.41, 5.74) is 0. The predicted molar refractivity (Wildman–Crippen MR) is 37.7 cm³/mol. The van der Waals surface area contributed by atoms with Gasteiger partial charge >= 0.3 is 0 Å². The van der Waals surface area contributed by atoms with Crippen LogP contribution in [0.15, 0.2) is 16.0 Å². The third kappa shape index (κ3) is 1.55. The lowest BCUT2D eigenvalue weighted by atomic mass is 11.0. The summed E-state index contributed by atoms with van der Waals surface area (Å²) >= 11 is 2.94. The number of rotatable bonds is 1. The number of hydrogen-bond acceptors (Lipinski definition) is 3. The van der Waals surface area contributed by atoms with E-state index in [2.05, 4.69) is 25.9 Å². The van der Waals surface area contributed by atoms with Gasteiger partial charge in [-0.15, -0.1) is 0 Å². The highest BCUT2D eigenvalue weighted by molar-refractivity contribution is 9.10. The Balaban J connectivity index is 3.21. The SMILES string of the molecule is NS(=O)(=O)c1cnc(Br)[nH]1. The molecule has 0 aliphatic carbocycles. The molecule has 0 fully saturated rings. The van der Waals surface area contributed by atoms with Crippen molar-refractivity contribution in [2.75, 3.05) is 0 Å². The average Bonchev–Trinajstić information content (AvgIpc) is 2.11. The fourth-order valence-corrected chi connectivity index (χ4v) is 1.31. The van der Waals surface area contributed by atoms with Gasteiger partial charge in [0.1, 0.15) is 0 Å². The number of hydrogen-bond donors (Lipinski definition) is 2. The number of aromatic nitrogens is 2. The third-order valence-corrected chi connectivity index (χ3v) is 2.05. The largest absolute Gasteiger partial charge is 0.322 e. The number of nitrogens with zero attached hydrogens (tertiary/aromatic N) is 1. The molecule has 1 aromatic rings. The van der Waals surface area contributed by atoms with Crippen molar-refractivity contribution in [1.82, 2.24) is 9.97 Å². The lowest BCUT2D eigenvalue weighted by Crippen LogP contribution is -2.12. The molecule has 0 aliphatic rings. The van der Waals surface area contributed by atoms with Crippen LogP contribution in [0.3, 0.4) is 0 Å². The number of primary sulfonamides is 1. The van der Waals surface area contributed by atoms with E-state index in [1.807, 2.05) is 0 Å². The van der Waals surface area contributed by atoms with Gasteiger partial charge in [-0.1, -0.05) is 0 Å². The van der Waals surface area contributed by atoms with Crippen LogP contribution in [-0.2, 0) is 10.0 Å². The molecule has 0 spiro atoms. The molecular weight excluding hydrogens is 222 g/mol. The Morgan fingerprint density at radius 3 is 2.50 bits per heavy atom. The highest BCUT2D eigenvalue weighted by Crippen LogP contribution is 2.06. The van der Waals surface area contributed by atoms with Gasteiger partial charge in [0, 0.05) is 0 Å². The summed E-state index contributed by atoms with van der Waals surface area (Å²) < 4.78 is 21.4. The maximum atomic E-state index is 10.5. The van der Waals surface area contributed by atoms with Crippen molar-refractivity contribution in [3.63, 3.8) is 0 Å². The number of halogens is 1. The number of aromatic amines is 1. The molecule has 0 saturated heterocycles. The van der Waals surface area contributed by atoms with Crippen molar-refractivity contribution in [1.29, 1.82) is 0 Å². The number of imidazole rings is 1. The van der Waals surface area contributed by atoms with Crippen molar-refractivity contribution in [2.45, 2.75) is 5.03 Å². The minimum atomic E-state index is -3.63. The van der Waals surface area contributed by atoms with E-state index in [0.29, 0.717) is 4.73 Å². The average molecular weight is 226 g/mol. The summed E-state index contributed by atoms with van der Waals surface area (Å²) in [4.78, 5) is 5.99. The molecule has 5 nitrogen and oxygen atoms in total. The Kier molecular flexibility index (Phi) is 1.80. The summed E-state index contributed by atoms with van der Waals surface area (Å²) in [5, 5.41) is 4.65. The lowest BCUT2D eigenvalue weighted by Gasteiger charge is -1.87. The zero-order chi connectivity index (χ0) is 7.78. The second kappa shape index (κ2) is 2.33. The Morgan fingerprint density at radius 1 is 1.70 bits per heavy atom. The minimum Gasteiger partial charge on any atom is -0.322 e. The van der Waals surface area contributed by atoms with Crippen LogP contribution in [0.2, 0.25) is 0 Å². The second-order valence-corrected chi connectivity index (χ2v) is 3.86. The fraction of sp³-hybridized carbons (Fsp3) is 0. The van der Waals surface area contributed by atoms with Crippen molar-refractivity contribution in [3.8, 4) is 0 Å². The van der Waals surface area contributed by atoms with E-state index in [1.165, 1.54) is 0 Å². The molecule has 0 aromatic carbocycles. The van der Waals surface area contributed by atoms with E-state index in [1.54, 1.807) is 0 Å². The smallest absolute Gasteiger partial charge is 0.255 e. The van der Waals surface area contributed by atoms with Gasteiger partial charge in [0.15, 0.2) is 9.76 Å². The number of H-pyrrole nitrogens is 1. The molecule has 7 heteroatoms. The first-order valence-electron chi connectivity index (χ1n) is 2.23. The first-order chi connectivity index (χ1) is 4.50. The Morgan fingerprint density at radius 2 is 2.30 bits per heavy atom. The Labute approximate surface area is 65.8 Å². The lowest BCUT2D eigenvalue weighted by molar-refractivity contribution is 0.594. The van der Waals surface area contributed by atoms with E-state index < -0.39 is 10.0 Å². The fourth-order valence-electron chi connectivity index (χ4n) is 0.426. The van der Waals surface area contributed by atoms with Crippen molar-refractivity contribution >= 4 is 26.0 Å². The van der Waals surface area contributed by atoms with Gasteiger partial charge < -0.3 is 4.98 Å². The minimum absolute atomic E-state index is 0.0978. The Bertz CT molecular complexity index is 329. The maximum absolute atomic E-state index is 10.5. The molecule has 10 heavy (non-hydrogen) atoms. The quantitative estimate of drug-likeness (QED) is 0.695. The monoisotopic (exact) mass is 225 g/mol. The van der Waals surface area contributed by atoms with Crippen LogP contribution in [0.25, 0.3) is 0 Å². The summed E-state index contributed by atoms with van der Waals surface area (Å²) in [6.45, 7) is 0. The van der Waals surface area contributed by atoms with Crippen LogP contribution >= 0.6 is 15.9 Å². The summed E-state index contributed by atoms with van der Waals surface area (Å²) in [7, 11) is -3.63. The van der Waals surface area contributed by atoms with E-state index in [4.69, 9.17) is 5.14 Å². The molecule has 1 aromatic heterocycles. The molecule has 0 unspecified atom stereocenters. The molecular formula is C3H4BrN3O2S. The number of nitrogens with two attached hydrogens (primary N) is 1. The summed E-state index contributed by atoms with van der Waals surface area (Å²) in [5.74, 6) is 0. The van der Waals surface area contributed by atoms with E-state index in [0.717, 1.165) is 6.20 Å². The zero-order valence-corrected chi connectivity index (χ0v) is 7.11. The summed E-state index contributed by atoms with van der Waals surface area (Å²) in [6, 6.07) is 0. The predicted octanol–water partition coefficient (Wildman–Crippen LogP) is -0.180. The van der Waals surface area contributed by atoms with Gasteiger partial charge in [-0.3, -0.25) is 0 Å². The van der Waals surface area contributed by atoms with Crippen LogP contribution in [0, 0.1) is 0 Å². The summed E-state index contributed by atoms with van der Waals surface area (Å²) in [6.07, 6.45) is 1.14. The van der Waals surface area contributed by atoms with Crippen LogP contribution in [0.4, 0.5) is 0 Å². The standard InChI is InChI=1S/C3H4BrN3O2S/c4-3-6-1-2(7-3)10(5,8)9/h1H,(H,6,7)(H2,5,8,9). The molecule has 1 rings (SSSR count). The molecule has 56 valence electrons. The van der Waals surface area contributed by atoms with Crippen LogP contribution < -0.4 is 5.14 Å². The van der Waals surface area contributed by atoms with Gasteiger partial charge in [0.2, 0.25) is 0 Å². The molecule has 0 radical (unpaired) electrons. The first-order valence-corrected chi connectivity index (χ1v) is 4.57. The Hall–Kier alpha value is -0.400. The number of sulfonamides is 1. The van der Waals surface area contributed by atoms with Gasteiger partial charge in [0.25, 0.3) is 10.0 Å². The van der Waals surface area contributed by atoms with Crippen molar-refractivity contribution in [3.05, 3.63) is 10.9 Å². The van der Waals surface area contributed by atoms with Crippen molar-refractivity contribution in [2.24, 2.45) is 5.14 Å². The molecule has 0 atom stereocenters. The third-order valence-electron chi connectivity index (χ3n) is 0.828. The van der Waals surface area contributed by atoms with Crippen LogP contribution in [0.5, 0.6) is 0 Å². The molecule has 0 aliphatic heterocycles. The van der Waals surface area contributed by atoms with Crippen LogP contribution in [0.1, 0.15) is 0 Å². The van der Waals surface area contributed by atoms with E-state index in [9.17, 15) is 8.42 Å². The van der Waals surface area contributed by atoms with E-state index >= 15 is 0 Å². The van der Waals surface area contributed by atoms with Gasteiger partial charge in [0.05, 0.1) is 6.20 Å². The number of nitrogens with one attached hydrogen (secondary N) is 1. The maximum Gasteiger partial charge on any atom is 0.255 e. The zero-order valence-electron chi connectivity index (χ0n) is 4.70. The van der Waals surface area contributed by atoms with Crippen molar-refractivity contribution < 1.29 is 8.42 Å². The highest BCUT2D eigenvalue weighted by atomic mass is 79.9. The van der Waals surface area contributed by atoms with Gasteiger partial charge in [-0.2, -0.15) is 0 Å². The van der Waals surface area contributed by atoms with Gasteiger partial charge in [-0.25, -0.2) is 18.5 Å². The normalized spacial score (nSPS) is 11.8. The first kappa shape index (κ1) is 7.70. The molecule has 1 heterocycles. The van der Waals surface area contributed by atoms with Crippen LogP contribution in [-0.4, -0.2) is 18.4 Å². The highest BCUT2D eigenvalue weighted by Gasteiger charge is 2.09. The molecule has 0 amide bonds. The molecule has 3 N–H and O–H groups in total. The molecule has 0 saturated carbocycles. The second-order valence-electron chi connectivity index (χ2n) is 1.58. The molecule has 0 bridgehead atoms.